The van der Waals surface area contributed by atoms with E-state index in [0.29, 0.717) is 5.92 Å². The lowest BCUT2D eigenvalue weighted by Crippen LogP contribution is -2.21. The molecule has 2 aromatic carbocycles. The van der Waals surface area contributed by atoms with Gasteiger partial charge in [-0.3, -0.25) is 0 Å². The van der Waals surface area contributed by atoms with Crippen molar-refractivity contribution in [3.63, 3.8) is 0 Å². The van der Waals surface area contributed by atoms with Gasteiger partial charge in [-0.1, -0.05) is 86.5 Å². The Hall–Kier alpha value is -2.93. The molecule has 0 unspecified atom stereocenters. The zero-order chi connectivity index (χ0) is 32.1. The van der Waals surface area contributed by atoms with E-state index in [-0.39, 0.29) is 0 Å². The number of piperidine rings is 1. The van der Waals surface area contributed by atoms with Crippen LogP contribution >= 0.6 is 12.6 Å². The van der Waals surface area contributed by atoms with E-state index in [4.69, 9.17) is 5.73 Å². The summed E-state index contributed by atoms with van der Waals surface area (Å²) in [4.78, 5) is 1.06. The molecule has 0 aromatic heterocycles. The Labute approximate surface area is 259 Å². The van der Waals surface area contributed by atoms with Crippen molar-refractivity contribution >= 4 is 23.9 Å². The topological polar surface area (TPSA) is 38.0 Å². The first-order valence-electron chi connectivity index (χ1n) is 14.5. The Morgan fingerprint density at radius 3 is 1.71 bits per heavy atom. The van der Waals surface area contributed by atoms with Crippen molar-refractivity contribution in [2.75, 3.05) is 18.8 Å². The van der Waals surface area contributed by atoms with Crippen LogP contribution < -0.4 is 11.1 Å². The van der Waals surface area contributed by atoms with E-state index >= 15 is 0 Å². The van der Waals surface area contributed by atoms with Crippen molar-refractivity contribution in [3.05, 3.63) is 105 Å². The van der Waals surface area contributed by atoms with Gasteiger partial charge < -0.3 is 11.1 Å². The van der Waals surface area contributed by atoms with Crippen molar-refractivity contribution < 1.29 is 0 Å². The van der Waals surface area contributed by atoms with Gasteiger partial charge in [-0.2, -0.15) is 0 Å². The monoisotopic (exact) mass is 574 g/mol. The van der Waals surface area contributed by atoms with Crippen LogP contribution in [0.5, 0.6) is 0 Å². The first-order valence-corrected chi connectivity index (χ1v) is 15.0. The molecule has 3 heteroatoms. The molecule has 226 valence electrons. The molecule has 0 aliphatic carbocycles. The predicted molar refractivity (Wildman–Crippen MR) is 193 cm³/mol. The SMILES string of the molecule is C#C.C1CCNCC1.C=C(C)/C(C)=C/C(C)=C(\C)S.C=C(C)c1ccc(C)cc1.Cc1ccc(N)c(C(C)C)c1C. The van der Waals surface area contributed by atoms with Crippen LogP contribution in [0.15, 0.2) is 77.3 Å². The first kappa shape index (κ1) is 40.2. The summed E-state index contributed by atoms with van der Waals surface area (Å²) in [5, 5.41) is 3.28. The van der Waals surface area contributed by atoms with Gasteiger partial charge in [0, 0.05) is 5.69 Å². The fourth-order valence-electron chi connectivity index (χ4n) is 3.82. The zero-order valence-electron chi connectivity index (χ0n) is 27.7. The third kappa shape index (κ3) is 18.2. The van der Waals surface area contributed by atoms with E-state index in [2.05, 4.69) is 129 Å². The van der Waals surface area contributed by atoms with Crippen LogP contribution in [0.4, 0.5) is 5.69 Å². The highest BCUT2D eigenvalue weighted by atomic mass is 32.1. The normalized spacial score (nSPS) is 12.9. The van der Waals surface area contributed by atoms with E-state index in [1.807, 2.05) is 26.8 Å². The van der Waals surface area contributed by atoms with E-state index in [0.717, 1.165) is 21.7 Å². The fourth-order valence-corrected chi connectivity index (χ4v) is 3.88. The molecule has 3 N–H and O–H groups in total. The molecule has 1 fully saturated rings. The van der Waals surface area contributed by atoms with E-state index in [1.54, 1.807) is 0 Å². The Bertz CT molecular complexity index is 1130. The lowest BCUT2D eigenvalue weighted by Gasteiger charge is -2.14. The molecule has 2 aromatic rings. The average Bonchev–Trinajstić information content (AvgIpc) is 2.94. The summed E-state index contributed by atoms with van der Waals surface area (Å²) in [5.74, 6) is 0.518. The molecule has 0 bridgehead atoms. The van der Waals surface area contributed by atoms with Gasteiger partial charge in [0.2, 0.25) is 0 Å². The van der Waals surface area contributed by atoms with Crippen LogP contribution in [0.25, 0.3) is 5.57 Å². The van der Waals surface area contributed by atoms with Gasteiger partial charge in [0.1, 0.15) is 0 Å². The average molecular weight is 575 g/mol. The summed E-state index contributed by atoms with van der Waals surface area (Å²) < 4.78 is 0. The van der Waals surface area contributed by atoms with Crippen LogP contribution in [0, 0.1) is 33.6 Å². The summed E-state index contributed by atoms with van der Waals surface area (Å²) in [7, 11) is 0. The van der Waals surface area contributed by atoms with E-state index in [9.17, 15) is 0 Å². The molecule has 1 aliphatic heterocycles. The minimum atomic E-state index is 0.518. The molecular weight excluding hydrogens is 516 g/mol. The first-order chi connectivity index (χ1) is 19.2. The maximum Gasteiger partial charge on any atom is 0.0352 e. The smallest absolute Gasteiger partial charge is 0.0352 e. The number of benzene rings is 2. The lowest BCUT2D eigenvalue weighted by molar-refractivity contribution is 0.520. The Balaban J connectivity index is 0. The minimum absolute atomic E-state index is 0.518. The van der Waals surface area contributed by atoms with E-state index in [1.165, 1.54) is 71.3 Å². The Kier molecular flexibility index (Phi) is 22.3. The molecule has 1 aliphatic rings. The zero-order valence-corrected chi connectivity index (χ0v) is 28.6. The Morgan fingerprint density at radius 1 is 0.878 bits per heavy atom. The lowest BCUT2D eigenvalue weighted by atomic mass is 9.93. The number of anilines is 1. The maximum absolute atomic E-state index is 5.89. The number of nitrogens with one attached hydrogen (secondary N) is 1. The predicted octanol–water partition coefficient (Wildman–Crippen LogP) is 10.8. The third-order valence-electron chi connectivity index (χ3n) is 6.83. The molecule has 3 rings (SSSR count). The summed E-state index contributed by atoms with van der Waals surface area (Å²) >= 11 is 4.24. The van der Waals surface area contributed by atoms with Gasteiger partial charge in [-0.25, -0.2) is 0 Å². The van der Waals surface area contributed by atoms with Gasteiger partial charge >= 0.3 is 0 Å². The van der Waals surface area contributed by atoms with Crippen molar-refractivity contribution in [3.8, 4) is 12.8 Å². The second-order valence-corrected chi connectivity index (χ2v) is 11.7. The number of hydrogen-bond acceptors (Lipinski definition) is 3. The highest BCUT2D eigenvalue weighted by molar-refractivity contribution is 7.84. The second kappa shape index (κ2) is 22.7. The summed E-state index contributed by atoms with van der Waals surface area (Å²) in [5.41, 5.74) is 18.0. The molecule has 2 nitrogen and oxygen atoms in total. The maximum atomic E-state index is 5.89. The fraction of sp³-hybridized carbons (Fsp3) is 0.421. The number of aryl methyl sites for hydroxylation is 2. The summed E-state index contributed by atoms with van der Waals surface area (Å²) in [6.45, 7) is 31.0. The number of terminal acetylenes is 1. The van der Waals surface area contributed by atoms with Gasteiger partial charge in [-0.15, -0.1) is 25.5 Å². The number of nitrogen functional groups attached to an aromatic ring is 1. The molecule has 1 saturated heterocycles. The molecular formula is C38H58N2S. The van der Waals surface area contributed by atoms with Crippen molar-refractivity contribution in [2.45, 2.75) is 94.4 Å². The number of nitrogens with two attached hydrogens (primary N) is 1. The standard InChI is InChI=1S/C11H17N.C10H16S.C10H12.C5H11N.C2H2/c1-7(2)11-9(4)8(3)5-6-10(11)12;1-7(2)8(3)6-9(4)10(5)11;1-8(2)10-6-4-9(3)5-7-10;1-2-4-6-5-3-1;1-2/h5-7H,12H2,1-4H3;6,11H,1H2,2-5H3;4-7H,1H2,2-3H3;6H,1-5H2;1-2H/b;8-6+,10-9+;;;. The van der Waals surface area contributed by atoms with Crippen molar-refractivity contribution in [1.82, 2.24) is 5.32 Å². The van der Waals surface area contributed by atoms with Gasteiger partial charge in [0.15, 0.2) is 0 Å². The molecule has 0 saturated carbocycles. The summed E-state index contributed by atoms with van der Waals surface area (Å²) in [6.07, 6.45) is 14.3. The number of thiol groups is 1. The van der Waals surface area contributed by atoms with Crippen LogP contribution in [0.3, 0.4) is 0 Å². The molecule has 1 heterocycles. The molecule has 0 spiro atoms. The highest BCUT2D eigenvalue weighted by Crippen LogP contribution is 2.27. The molecule has 41 heavy (non-hydrogen) atoms. The molecule has 0 radical (unpaired) electrons. The van der Waals surface area contributed by atoms with Crippen LogP contribution in [0.2, 0.25) is 0 Å². The third-order valence-corrected chi connectivity index (χ3v) is 7.18. The summed E-state index contributed by atoms with van der Waals surface area (Å²) in [6, 6.07) is 12.5. The largest absolute Gasteiger partial charge is 0.398 e. The van der Waals surface area contributed by atoms with Crippen molar-refractivity contribution in [2.24, 2.45) is 0 Å². The Morgan fingerprint density at radius 2 is 1.39 bits per heavy atom. The van der Waals surface area contributed by atoms with Gasteiger partial charge in [0.25, 0.3) is 0 Å². The van der Waals surface area contributed by atoms with Crippen LogP contribution in [0.1, 0.15) is 101 Å². The number of hydrogen-bond donors (Lipinski definition) is 3. The van der Waals surface area contributed by atoms with Gasteiger partial charge in [0.05, 0.1) is 0 Å². The quantitative estimate of drug-likeness (QED) is 0.147. The molecule has 0 amide bonds. The number of rotatable bonds is 4. The van der Waals surface area contributed by atoms with Crippen LogP contribution in [-0.2, 0) is 0 Å². The van der Waals surface area contributed by atoms with Crippen molar-refractivity contribution in [1.29, 1.82) is 0 Å². The minimum Gasteiger partial charge on any atom is -0.398 e. The second-order valence-electron chi connectivity index (χ2n) is 11.0. The highest BCUT2D eigenvalue weighted by Gasteiger charge is 2.08. The molecule has 0 atom stereocenters. The number of allylic oxidation sites excluding steroid dienone is 6. The van der Waals surface area contributed by atoms with Gasteiger partial charge in [-0.05, 0) is 132 Å². The van der Waals surface area contributed by atoms with Crippen LogP contribution in [-0.4, -0.2) is 13.1 Å². The van der Waals surface area contributed by atoms with E-state index < -0.39 is 0 Å².